The Kier molecular flexibility index (Phi) is 4.10. The fraction of sp³-hybridized carbons (Fsp3) is 0.308. The molecular weight excluding hydrogens is 276 g/mol. The molecule has 6 nitrogen and oxygen atoms in total. The van der Waals surface area contributed by atoms with Gasteiger partial charge in [0.15, 0.2) is 5.03 Å². The predicted octanol–water partition coefficient (Wildman–Crippen LogP) is 1.19. The lowest BCUT2D eigenvalue weighted by atomic mass is 10.2. The second-order valence-corrected chi connectivity index (χ2v) is 6.30. The first-order valence-electron chi connectivity index (χ1n) is 6.28. The Morgan fingerprint density at radius 1 is 1.30 bits per heavy atom. The van der Waals surface area contributed by atoms with Crippen LogP contribution < -0.4 is 10.0 Å². The van der Waals surface area contributed by atoms with Crippen molar-refractivity contribution in [2.24, 2.45) is 5.73 Å². The van der Waals surface area contributed by atoms with E-state index in [0.29, 0.717) is 18.8 Å². The van der Waals surface area contributed by atoms with Gasteiger partial charge >= 0.3 is 0 Å². The van der Waals surface area contributed by atoms with Crippen LogP contribution in [0.2, 0.25) is 0 Å². The maximum Gasteiger partial charge on any atom is 0.283 e. The molecule has 1 aromatic carbocycles. The van der Waals surface area contributed by atoms with Crippen LogP contribution >= 0.6 is 0 Å². The highest BCUT2D eigenvalue weighted by Crippen LogP contribution is 2.21. The zero-order chi connectivity index (χ0) is 14.8. The first-order chi connectivity index (χ1) is 9.48. The summed E-state index contributed by atoms with van der Waals surface area (Å²) >= 11 is 0. The summed E-state index contributed by atoms with van der Waals surface area (Å²) in [5, 5.41) is 0.0461. The van der Waals surface area contributed by atoms with E-state index >= 15 is 0 Å². The van der Waals surface area contributed by atoms with E-state index in [2.05, 4.69) is 4.98 Å². The molecule has 0 aliphatic carbocycles. The van der Waals surface area contributed by atoms with E-state index in [1.165, 1.54) is 23.9 Å². The lowest BCUT2D eigenvalue weighted by molar-refractivity contribution is 0.591. The number of anilines is 1. The van der Waals surface area contributed by atoms with Crippen LogP contribution in [0.25, 0.3) is 0 Å². The van der Waals surface area contributed by atoms with Crippen molar-refractivity contribution in [3.05, 3.63) is 42.4 Å². The number of sulfonamides is 1. The van der Waals surface area contributed by atoms with E-state index in [1.807, 2.05) is 19.1 Å². The highest BCUT2D eigenvalue weighted by Gasteiger charge is 2.23. The number of aryl methyl sites for hydroxylation is 1. The standard InChI is InChI=1S/C13H18N4O2S/c1-3-17-9-13(15-10-17)20(18,19)16(2)12-6-4-11(8-14)5-7-12/h4-7,9-10H,3,8,14H2,1-2H3. The van der Waals surface area contributed by atoms with Crippen molar-refractivity contribution in [2.45, 2.75) is 25.0 Å². The average Bonchev–Trinajstić information content (AvgIpc) is 2.96. The number of imidazole rings is 1. The zero-order valence-electron chi connectivity index (χ0n) is 11.5. The molecular formula is C13H18N4O2S. The van der Waals surface area contributed by atoms with Crippen LogP contribution in [0.5, 0.6) is 0 Å². The van der Waals surface area contributed by atoms with Crippen molar-refractivity contribution in [1.29, 1.82) is 0 Å². The minimum Gasteiger partial charge on any atom is -0.336 e. The van der Waals surface area contributed by atoms with Crippen LogP contribution in [-0.2, 0) is 23.1 Å². The molecule has 1 aromatic heterocycles. The normalized spacial score (nSPS) is 11.6. The summed E-state index contributed by atoms with van der Waals surface area (Å²) in [6, 6.07) is 7.09. The number of hydrogen-bond acceptors (Lipinski definition) is 4. The molecule has 0 unspecified atom stereocenters. The van der Waals surface area contributed by atoms with Gasteiger partial charge in [-0.2, -0.15) is 8.42 Å². The van der Waals surface area contributed by atoms with Gasteiger partial charge in [0.2, 0.25) is 0 Å². The third-order valence-corrected chi connectivity index (χ3v) is 4.81. The van der Waals surface area contributed by atoms with Gasteiger partial charge in [-0.25, -0.2) is 4.98 Å². The molecule has 20 heavy (non-hydrogen) atoms. The lowest BCUT2D eigenvalue weighted by Crippen LogP contribution is -2.26. The van der Waals surface area contributed by atoms with Crippen molar-refractivity contribution >= 4 is 15.7 Å². The van der Waals surface area contributed by atoms with Crippen LogP contribution in [0.1, 0.15) is 12.5 Å². The van der Waals surface area contributed by atoms with Gasteiger partial charge in [0.05, 0.1) is 12.0 Å². The van der Waals surface area contributed by atoms with Gasteiger partial charge in [-0.1, -0.05) is 12.1 Å². The Morgan fingerprint density at radius 2 is 1.95 bits per heavy atom. The number of rotatable bonds is 5. The Labute approximate surface area is 118 Å². The molecule has 108 valence electrons. The predicted molar refractivity (Wildman–Crippen MR) is 77.8 cm³/mol. The first-order valence-corrected chi connectivity index (χ1v) is 7.72. The van der Waals surface area contributed by atoms with Crippen molar-refractivity contribution in [3.63, 3.8) is 0 Å². The Bertz CT molecular complexity index is 677. The molecule has 2 N–H and O–H groups in total. The van der Waals surface area contributed by atoms with E-state index in [9.17, 15) is 8.42 Å². The second kappa shape index (κ2) is 5.64. The maximum atomic E-state index is 12.4. The molecule has 0 bridgehead atoms. The third-order valence-electron chi connectivity index (χ3n) is 3.14. The third kappa shape index (κ3) is 2.68. The van der Waals surface area contributed by atoms with Crippen LogP contribution in [0.4, 0.5) is 5.69 Å². The van der Waals surface area contributed by atoms with Gasteiger partial charge in [0, 0.05) is 26.3 Å². The number of aromatic nitrogens is 2. The van der Waals surface area contributed by atoms with E-state index in [-0.39, 0.29) is 5.03 Å². The molecule has 2 rings (SSSR count). The SMILES string of the molecule is CCn1cnc(S(=O)(=O)N(C)c2ccc(CN)cc2)c1. The molecule has 1 heterocycles. The maximum absolute atomic E-state index is 12.4. The summed E-state index contributed by atoms with van der Waals surface area (Å²) in [5.41, 5.74) is 7.06. The van der Waals surface area contributed by atoms with Crippen LogP contribution in [-0.4, -0.2) is 25.0 Å². The molecule has 2 aromatic rings. The molecule has 7 heteroatoms. The molecule has 0 saturated carbocycles. The molecule has 0 radical (unpaired) electrons. The quantitative estimate of drug-likeness (QED) is 0.898. The second-order valence-electron chi connectivity index (χ2n) is 4.39. The molecule has 0 saturated heterocycles. The fourth-order valence-corrected chi connectivity index (χ4v) is 2.90. The highest BCUT2D eigenvalue weighted by molar-refractivity contribution is 7.92. The summed E-state index contributed by atoms with van der Waals surface area (Å²) in [5.74, 6) is 0. The van der Waals surface area contributed by atoms with Crippen molar-refractivity contribution in [3.8, 4) is 0 Å². The Hall–Kier alpha value is -1.86. The minimum atomic E-state index is -3.63. The number of benzene rings is 1. The highest BCUT2D eigenvalue weighted by atomic mass is 32.2. The number of nitrogens with zero attached hydrogens (tertiary/aromatic N) is 3. The van der Waals surface area contributed by atoms with Gasteiger partial charge in [0.1, 0.15) is 0 Å². The summed E-state index contributed by atoms with van der Waals surface area (Å²) < 4.78 is 27.8. The Balaban J connectivity index is 2.32. The Morgan fingerprint density at radius 3 is 2.45 bits per heavy atom. The van der Waals surface area contributed by atoms with Gasteiger partial charge in [-0.3, -0.25) is 4.31 Å². The molecule has 0 fully saturated rings. The smallest absolute Gasteiger partial charge is 0.283 e. The lowest BCUT2D eigenvalue weighted by Gasteiger charge is -2.18. The largest absolute Gasteiger partial charge is 0.336 e. The van der Waals surface area contributed by atoms with Gasteiger partial charge in [0.25, 0.3) is 10.0 Å². The first kappa shape index (κ1) is 14.5. The summed E-state index contributed by atoms with van der Waals surface area (Å²) in [6.07, 6.45) is 3.04. The van der Waals surface area contributed by atoms with Crippen molar-refractivity contribution in [1.82, 2.24) is 9.55 Å². The number of nitrogens with two attached hydrogens (primary N) is 1. The summed E-state index contributed by atoms with van der Waals surface area (Å²) in [4.78, 5) is 3.95. The van der Waals surface area contributed by atoms with Crippen molar-refractivity contribution in [2.75, 3.05) is 11.4 Å². The molecule has 0 aliphatic rings. The van der Waals surface area contributed by atoms with Gasteiger partial charge in [-0.15, -0.1) is 0 Å². The minimum absolute atomic E-state index is 0.0461. The van der Waals surface area contributed by atoms with E-state index in [0.717, 1.165) is 5.56 Å². The molecule has 0 aliphatic heterocycles. The van der Waals surface area contributed by atoms with E-state index in [1.54, 1.807) is 16.7 Å². The summed E-state index contributed by atoms with van der Waals surface area (Å²) in [7, 11) is -2.12. The average molecular weight is 294 g/mol. The zero-order valence-corrected chi connectivity index (χ0v) is 12.3. The van der Waals surface area contributed by atoms with Gasteiger partial charge < -0.3 is 10.3 Å². The van der Waals surface area contributed by atoms with Crippen LogP contribution in [0.15, 0.2) is 41.8 Å². The van der Waals surface area contributed by atoms with Crippen molar-refractivity contribution < 1.29 is 8.42 Å². The topological polar surface area (TPSA) is 81.2 Å². The summed E-state index contributed by atoms with van der Waals surface area (Å²) in [6.45, 7) is 3.03. The van der Waals surface area contributed by atoms with Crippen LogP contribution in [0.3, 0.4) is 0 Å². The van der Waals surface area contributed by atoms with E-state index < -0.39 is 10.0 Å². The van der Waals surface area contributed by atoms with Gasteiger partial charge in [-0.05, 0) is 24.6 Å². The van der Waals surface area contributed by atoms with Crippen LogP contribution in [0, 0.1) is 0 Å². The fourth-order valence-electron chi connectivity index (χ4n) is 1.77. The number of hydrogen-bond donors (Lipinski definition) is 1. The molecule has 0 atom stereocenters. The van der Waals surface area contributed by atoms with E-state index in [4.69, 9.17) is 5.73 Å². The monoisotopic (exact) mass is 294 g/mol. The molecule has 0 spiro atoms. The molecule has 0 amide bonds.